The molecule has 1 aromatic rings. The third-order valence-corrected chi connectivity index (χ3v) is 1.78. The molecule has 1 aromatic carbocycles. The number of aliphatic carboxylic acids is 2. The van der Waals surface area contributed by atoms with Gasteiger partial charge in [-0.2, -0.15) is 0 Å². The summed E-state index contributed by atoms with van der Waals surface area (Å²) in [6, 6.07) is 8.45. The first-order valence-corrected chi connectivity index (χ1v) is 5.80. The van der Waals surface area contributed by atoms with Gasteiger partial charge in [0.05, 0.1) is 0 Å². The summed E-state index contributed by atoms with van der Waals surface area (Å²) in [6.45, 7) is 7.41. The Kier molecular flexibility index (Phi) is 22.7. The molecule has 0 spiro atoms. The molecular weight excluding hydrogens is 260 g/mol. The van der Waals surface area contributed by atoms with Crippen LogP contribution in [0.4, 0.5) is 0 Å². The largest absolute Gasteiger partial charge is 0.481 e. The van der Waals surface area contributed by atoms with Crippen LogP contribution in [0, 0.1) is 13.8 Å². The highest BCUT2D eigenvalue weighted by Crippen LogP contribution is 2.00. The Labute approximate surface area is 121 Å². The highest BCUT2D eigenvalue weighted by atomic mass is 16.4. The van der Waals surface area contributed by atoms with E-state index in [1.807, 2.05) is 0 Å². The summed E-state index contributed by atoms with van der Waals surface area (Å²) in [5, 5.41) is 15.4. The maximum absolute atomic E-state index is 9.37. The van der Waals surface area contributed by atoms with Crippen molar-refractivity contribution in [2.24, 2.45) is 0 Å². The van der Waals surface area contributed by atoms with Gasteiger partial charge in [0.1, 0.15) is 0 Å². The Morgan fingerprint density at radius 3 is 1.25 bits per heavy atom. The van der Waals surface area contributed by atoms with Gasteiger partial charge < -0.3 is 22.5 Å². The van der Waals surface area contributed by atoms with Crippen LogP contribution >= 0.6 is 0 Å². The number of benzene rings is 1. The third-order valence-electron chi connectivity index (χ3n) is 1.78. The zero-order valence-corrected chi connectivity index (χ0v) is 12.8. The zero-order chi connectivity index (χ0) is 14.6. The molecule has 118 valence electrons. The quantitative estimate of drug-likeness (QED) is 0.654. The van der Waals surface area contributed by atoms with Crippen LogP contribution in [0.15, 0.2) is 24.3 Å². The van der Waals surface area contributed by atoms with Gasteiger partial charge in [-0.15, -0.1) is 0 Å². The van der Waals surface area contributed by atoms with E-state index in [0.29, 0.717) is 0 Å². The lowest BCUT2D eigenvalue weighted by atomic mass is 10.2. The van der Waals surface area contributed by atoms with Crippen molar-refractivity contribution in [3.63, 3.8) is 0 Å². The third kappa shape index (κ3) is 25.1. The predicted octanol–water partition coefficient (Wildman–Crippen LogP) is 3.59. The molecule has 0 saturated heterocycles. The molecule has 0 amide bonds. The molecule has 0 aliphatic carbocycles. The lowest BCUT2D eigenvalue weighted by Crippen LogP contribution is -1.86. The van der Waals surface area contributed by atoms with Crippen molar-refractivity contribution in [1.29, 1.82) is 0 Å². The normalized spacial score (nSPS) is 7.40. The molecule has 0 unspecified atom stereocenters. The van der Waals surface area contributed by atoms with Crippen LogP contribution in [0.25, 0.3) is 0 Å². The first kappa shape index (κ1) is 26.6. The molecular formula is C14H28N2O4. The summed E-state index contributed by atoms with van der Waals surface area (Å²) < 4.78 is 0. The van der Waals surface area contributed by atoms with E-state index in [-0.39, 0.29) is 25.1 Å². The summed E-state index contributed by atoms with van der Waals surface area (Å²) in [6.07, 6.45) is 0.444. The van der Waals surface area contributed by atoms with Crippen LogP contribution in [0.1, 0.15) is 37.8 Å². The Morgan fingerprint density at radius 1 is 0.900 bits per heavy atom. The molecule has 0 aliphatic heterocycles. The number of rotatable bonds is 2. The average molecular weight is 288 g/mol. The fourth-order valence-electron chi connectivity index (χ4n) is 0.807. The van der Waals surface area contributed by atoms with Crippen molar-refractivity contribution >= 4 is 11.9 Å². The molecule has 1 rings (SSSR count). The van der Waals surface area contributed by atoms with E-state index >= 15 is 0 Å². The second kappa shape index (κ2) is 17.1. The number of carboxylic acids is 2. The van der Waals surface area contributed by atoms with Gasteiger partial charge in [0.2, 0.25) is 0 Å². The standard InChI is InChI=1S/C8H10.2C3H6O2.2H3N/c1-7-4-3-5-8(2)6-7;2*1-2-3(4)5;;/h3-6H,1-2H3;2*2H2,1H3,(H,4,5);2*1H3. The molecule has 0 saturated carbocycles. The monoisotopic (exact) mass is 288 g/mol. The minimum absolute atomic E-state index is 0. The molecule has 0 heterocycles. The van der Waals surface area contributed by atoms with E-state index in [0.717, 1.165) is 0 Å². The van der Waals surface area contributed by atoms with Crippen molar-refractivity contribution < 1.29 is 19.8 Å². The maximum Gasteiger partial charge on any atom is 0.303 e. The molecule has 0 aliphatic rings. The summed E-state index contributed by atoms with van der Waals surface area (Å²) in [5.74, 6) is -1.49. The van der Waals surface area contributed by atoms with Crippen LogP contribution in [0.5, 0.6) is 0 Å². The molecule has 0 fully saturated rings. The van der Waals surface area contributed by atoms with Crippen LogP contribution in [-0.2, 0) is 9.59 Å². The van der Waals surface area contributed by atoms with Crippen LogP contribution in [0.2, 0.25) is 0 Å². The highest BCUT2D eigenvalue weighted by Gasteiger charge is 1.81. The highest BCUT2D eigenvalue weighted by molar-refractivity contribution is 5.66. The van der Waals surface area contributed by atoms with Crippen molar-refractivity contribution in [3.05, 3.63) is 35.4 Å². The van der Waals surface area contributed by atoms with E-state index in [9.17, 15) is 9.59 Å². The number of carboxylic acid groups (broad SMARTS) is 2. The summed E-state index contributed by atoms with van der Waals surface area (Å²) in [7, 11) is 0. The molecule has 0 atom stereocenters. The second-order valence-corrected chi connectivity index (χ2v) is 3.65. The van der Waals surface area contributed by atoms with Gasteiger partial charge >= 0.3 is 11.9 Å². The molecule has 0 radical (unpaired) electrons. The maximum atomic E-state index is 9.37. The molecule has 6 heteroatoms. The van der Waals surface area contributed by atoms with Gasteiger partial charge in [-0.05, 0) is 13.8 Å². The summed E-state index contributed by atoms with van der Waals surface area (Å²) in [4.78, 5) is 18.7. The fourth-order valence-corrected chi connectivity index (χ4v) is 0.807. The van der Waals surface area contributed by atoms with Gasteiger partial charge in [-0.25, -0.2) is 0 Å². The number of aryl methyl sites for hydroxylation is 2. The summed E-state index contributed by atoms with van der Waals surface area (Å²) >= 11 is 0. The van der Waals surface area contributed by atoms with Gasteiger partial charge in [-0.1, -0.05) is 49.2 Å². The van der Waals surface area contributed by atoms with Crippen molar-refractivity contribution in [2.75, 3.05) is 0 Å². The lowest BCUT2D eigenvalue weighted by molar-refractivity contribution is -0.137. The first-order valence-electron chi connectivity index (χ1n) is 5.80. The van der Waals surface area contributed by atoms with Gasteiger partial charge in [-0.3, -0.25) is 9.59 Å². The number of carbonyl (C=O) groups is 2. The lowest BCUT2D eigenvalue weighted by Gasteiger charge is -1.90. The molecule has 0 bridgehead atoms. The van der Waals surface area contributed by atoms with E-state index in [1.165, 1.54) is 11.1 Å². The van der Waals surface area contributed by atoms with Crippen molar-refractivity contribution in [2.45, 2.75) is 40.5 Å². The predicted molar refractivity (Wildman–Crippen MR) is 81.8 cm³/mol. The summed E-state index contributed by atoms with van der Waals surface area (Å²) in [5.41, 5.74) is 2.68. The average Bonchev–Trinajstić information content (AvgIpc) is 2.30. The van der Waals surface area contributed by atoms with Gasteiger partial charge in [0.15, 0.2) is 0 Å². The molecule has 8 N–H and O–H groups in total. The Balaban J connectivity index is -0.0000000960. The molecule has 20 heavy (non-hydrogen) atoms. The SMILES string of the molecule is CCC(=O)O.CCC(=O)O.Cc1cccc(C)c1.N.N. The number of hydrogen-bond acceptors (Lipinski definition) is 4. The molecule has 0 aromatic heterocycles. The van der Waals surface area contributed by atoms with E-state index in [4.69, 9.17) is 10.2 Å². The minimum atomic E-state index is -0.745. The van der Waals surface area contributed by atoms with Crippen LogP contribution in [-0.4, -0.2) is 22.2 Å². The van der Waals surface area contributed by atoms with Gasteiger partial charge in [0, 0.05) is 12.8 Å². The van der Waals surface area contributed by atoms with Crippen LogP contribution < -0.4 is 12.3 Å². The topological polar surface area (TPSA) is 145 Å². The van der Waals surface area contributed by atoms with E-state index < -0.39 is 11.9 Å². The Hall–Kier alpha value is -1.92. The van der Waals surface area contributed by atoms with E-state index in [1.54, 1.807) is 13.8 Å². The number of hydrogen-bond donors (Lipinski definition) is 4. The van der Waals surface area contributed by atoms with Crippen molar-refractivity contribution in [3.8, 4) is 0 Å². The Morgan fingerprint density at radius 2 is 1.15 bits per heavy atom. The second-order valence-electron chi connectivity index (χ2n) is 3.65. The smallest absolute Gasteiger partial charge is 0.303 e. The Bertz CT molecular complexity index is 337. The zero-order valence-electron chi connectivity index (χ0n) is 12.8. The minimum Gasteiger partial charge on any atom is -0.481 e. The van der Waals surface area contributed by atoms with Crippen molar-refractivity contribution in [1.82, 2.24) is 12.3 Å². The van der Waals surface area contributed by atoms with Gasteiger partial charge in [0.25, 0.3) is 0 Å². The first-order chi connectivity index (χ1) is 8.33. The van der Waals surface area contributed by atoms with E-state index in [2.05, 4.69) is 38.1 Å². The molecule has 6 nitrogen and oxygen atoms in total. The van der Waals surface area contributed by atoms with Crippen LogP contribution in [0.3, 0.4) is 0 Å². The fraction of sp³-hybridized carbons (Fsp3) is 0.429.